The minimum absolute atomic E-state index is 0.00764. The predicted molar refractivity (Wildman–Crippen MR) is 94.8 cm³/mol. The van der Waals surface area contributed by atoms with Gasteiger partial charge >= 0.3 is 6.61 Å². The molecule has 136 valence electrons. The summed E-state index contributed by atoms with van der Waals surface area (Å²) in [7, 11) is 0. The number of hydrogen-bond donors (Lipinski definition) is 1. The van der Waals surface area contributed by atoms with Crippen LogP contribution in [-0.4, -0.2) is 37.1 Å². The lowest BCUT2D eigenvalue weighted by atomic mass is 9.74. The number of amides is 1. The molecule has 1 spiro atoms. The van der Waals surface area contributed by atoms with Crippen molar-refractivity contribution in [1.82, 2.24) is 4.90 Å². The van der Waals surface area contributed by atoms with E-state index in [4.69, 9.17) is 0 Å². The fourth-order valence-electron chi connectivity index (χ4n) is 4.03. The third-order valence-corrected chi connectivity index (χ3v) is 5.43. The third-order valence-electron chi connectivity index (χ3n) is 5.43. The average molecular weight is 358 g/mol. The van der Waals surface area contributed by atoms with E-state index in [1.54, 1.807) is 17.0 Å². The number of ether oxygens (including phenoxy) is 1. The van der Waals surface area contributed by atoms with Crippen molar-refractivity contribution >= 4 is 11.6 Å². The highest BCUT2D eigenvalue weighted by Gasteiger charge is 2.42. The molecule has 0 aromatic heterocycles. The summed E-state index contributed by atoms with van der Waals surface area (Å²) in [6.07, 6.45) is 1.77. The summed E-state index contributed by atoms with van der Waals surface area (Å²) >= 11 is 0. The first-order chi connectivity index (χ1) is 12.6. The molecule has 6 heteroatoms. The summed E-state index contributed by atoms with van der Waals surface area (Å²) < 4.78 is 29.1. The molecule has 0 bridgehead atoms. The Morgan fingerprint density at radius 3 is 2.65 bits per heavy atom. The van der Waals surface area contributed by atoms with Crippen LogP contribution in [0.5, 0.6) is 5.75 Å². The molecular formula is C20H20F2N2O2. The molecular weight excluding hydrogens is 338 g/mol. The maximum Gasteiger partial charge on any atom is 0.387 e. The van der Waals surface area contributed by atoms with E-state index in [1.807, 2.05) is 6.07 Å². The van der Waals surface area contributed by atoms with Gasteiger partial charge in [0.1, 0.15) is 5.75 Å². The molecule has 2 heterocycles. The second-order valence-electron chi connectivity index (χ2n) is 6.88. The lowest BCUT2D eigenvalue weighted by Crippen LogP contribution is -2.46. The number of hydrogen-bond acceptors (Lipinski definition) is 3. The number of fused-ring (bicyclic) bond motifs is 2. The molecule has 0 saturated carbocycles. The summed E-state index contributed by atoms with van der Waals surface area (Å²) in [5.41, 5.74) is 2.97. The molecule has 2 aliphatic rings. The molecule has 26 heavy (non-hydrogen) atoms. The highest BCUT2D eigenvalue weighted by atomic mass is 19.3. The van der Waals surface area contributed by atoms with E-state index in [0.717, 1.165) is 19.4 Å². The lowest BCUT2D eigenvalue weighted by molar-refractivity contribution is -0.0499. The van der Waals surface area contributed by atoms with Gasteiger partial charge in [-0.3, -0.25) is 4.79 Å². The van der Waals surface area contributed by atoms with Gasteiger partial charge in [-0.15, -0.1) is 0 Å². The van der Waals surface area contributed by atoms with Crippen molar-refractivity contribution in [2.24, 2.45) is 0 Å². The largest absolute Gasteiger partial charge is 0.435 e. The van der Waals surface area contributed by atoms with E-state index in [9.17, 15) is 13.6 Å². The number of benzene rings is 2. The van der Waals surface area contributed by atoms with Gasteiger partial charge in [0.2, 0.25) is 0 Å². The Kier molecular flexibility index (Phi) is 4.26. The van der Waals surface area contributed by atoms with Crippen LogP contribution in [0.3, 0.4) is 0 Å². The van der Waals surface area contributed by atoms with Crippen LogP contribution in [0.15, 0.2) is 48.5 Å². The van der Waals surface area contributed by atoms with Crippen LogP contribution in [0.4, 0.5) is 14.5 Å². The second kappa shape index (κ2) is 6.59. The molecule has 2 aromatic rings. The molecule has 1 fully saturated rings. The maximum absolute atomic E-state index is 12.8. The first-order valence-electron chi connectivity index (χ1n) is 8.75. The Hall–Kier alpha value is -2.63. The number of nitrogens with zero attached hydrogens (tertiary/aromatic N) is 1. The van der Waals surface area contributed by atoms with E-state index in [2.05, 4.69) is 28.3 Å². The van der Waals surface area contributed by atoms with E-state index in [-0.39, 0.29) is 17.1 Å². The first kappa shape index (κ1) is 16.8. The van der Waals surface area contributed by atoms with Gasteiger partial charge in [0, 0.05) is 36.3 Å². The Labute approximate surface area is 150 Å². The highest BCUT2D eigenvalue weighted by Crippen LogP contribution is 2.43. The molecule has 1 saturated heterocycles. The van der Waals surface area contributed by atoms with Crippen molar-refractivity contribution in [2.75, 3.05) is 25.0 Å². The average Bonchev–Trinajstić information content (AvgIpc) is 3.00. The summed E-state index contributed by atoms with van der Waals surface area (Å²) in [6, 6.07) is 14.3. The van der Waals surface area contributed by atoms with Crippen LogP contribution in [0, 0.1) is 0 Å². The topological polar surface area (TPSA) is 41.6 Å². The Morgan fingerprint density at radius 2 is 1.88 bits per heavy atom. The number of anilines is 1. The Balaban J connectivity index is 1.46. The maximum atomic E-state index is 12.8. The molecule has 1 amide bonds. The third kappa shape index (κ3) is 3.00. The number of carbonyl (C=O) groups is 1. The molecule has 2 aliphatic heterocycles. The number of carbonyl (C=O) groups excluding carboxylic acids is 1. The highest BCUT2D eigenvalue weighted by molar-refractivity contribution is 5.94. The normalized spacial score (nSPS) is 17.9. The van der Waals surface area contributed by atoms with Crippen LogP contribution in [0.2, 0.25) is 0 Å². The van der Waals surface area contributed by atoms with Crippen molar-refractivity contribution in [2.45, 2.75) is 24.9 Å². The van der Waals surface area contributed by atoms with Crippen molar-refractivity contribution in [3.8, 4) is 5.75 Å². The molecule has 1 N–H and O–H groups in total. The first-order valence-corrected chi connectivity index (χ1v) is 8.75. The van der Waals surface area contributed by atoms with Crippen LogP contribution in [0.1, 0.15) is 28.8 Å². The molecule has 0 radical (unpaired) electrons. The zero-order valence-corrected chi connectivity index (χ0v) is 14.3. The molecule has 0 atom stereocenters. The zero-order chi connectivity index (χ0) is 18.1. The number of para-hydroxylation sites is 1. The Bertz CT molecular complexity index is 817. The van der Waals surface area contributed by atoms with Gasteiger partial charge in [0.05, 0.1) is 0 Å². The second-order valence-corrected chi connectivity index (χ2v) is 6.88. The van der Waals surface area contributed by atoms with Gasteiger partial charge in [-0.1, -0.05) is 24.3 Å². The van der Waals surface area contributed by atoms with Gasteiger partial charge in [-0.2, -0.15) is 8.78 Å². The summed E-state index contributed by atoms with van der Waals surface area (Å²) in [5.74, 6) is -0.132. The fourth-order valence-corrected chi connectivity index (χ4v) is 4.03. The van der Waals surface area contributed by atoms with Gasteiger partial charge in [0.25, 0.3) is 5.91 Å². The predicted octanol–water partition coefficient (Wildman–Crippen LogP) is 3.89. The smallest absolute Gasteiger partial charge is 0.387 e. The van der Waals surface area contributed by atoms with Crippen LogP contribution in [-0.2, 0) is 5.41 Å². The number of alkyl halides is 2. The molecule has 0 aliphatic carbocycles. The number of nitrogens with one attached hydrogen (secondary N) is 1. The lowest BCUT2D eigenvalue weighted by Gasteiger charge is -2.39. The summed E-state index contributed by atoms with van der Waals surface area (Å²) in [5, 5.41) is 3.47. The zero-order valence-electron chi connectivity index (χ0n) is 14.3. The van der Waals surface area contributed by atoms with Crippen molar-refractivity contribution in [3.63, 3.8) is 0 Å². The van der Waals surface area contributed by atoms with Crippen molar-refractivity contribution in [1.29, 1.82) is 0 Å². The van der Waals surface area contributed by atoms with E-state index in [1.165, 1.54) is 23.4 Å². The number of halogens is 2. The Morgan fingerprint density at radius 1 is 1.12 bits per heavy atom. The quantitative estimate of drug-likeness (QED) is 0.905. The van der Waals surface area contributed by atoms with E-state index < -0.39 is 6.61 Å². The SMILES string of the molecule is O=C(c1cccc(OC(F)F)c1)N1CCC2(CC1)CNc1ccccc12. The molecule has 0 unspecified atom stereocenters. The van der Waals surface area contributed by atoms with E-state index >= 15 is 0 Å². The molecule has 4 nitrogen and oxygen atoms in total. The van der Waals surface area contributed by atoms with Gasteiger partial charge < -0.3 is 15.0 Å². The minimum Gasteiger partial charge on any atom is -0.435 e. The van der Waals surface area contributed by atoms with Crippen molar-refractivity contribution in [3.05, 3.63) is 59.7 Å². The fraction of sp³-hybridized carbons (Fsp3) is 0.350. The van der Waals surface area contributed by atoms with Crippen LogP contribution >= 0.6 is 0 Å². The summed E-state index contributed by atoms with van der Waals surface area (Å²) in [6.45, 7) is -0.708. The van der Waals surface area contributed by atoms with Crippen molar-refractivity contribution < 1.29 is 18.3 Å². The standard InChI is InChI=1S/C20H20F2N2O2/c21-19(22)26-15-5-3-4-14(12-15)18(25)24-10-8-20(9-11-24)13-23-17-7-2-1-6-16(17)20/h1-7,12,19,23H,8-11,13H2. The number of rotatable bonds is 3. The van der Waals surface area contributed by atoms with E-state index in [0.29, 0.717) is 18.7 Å². The van der Waals surface area contributed by atoms with Gasteiger partial charge in [-0.25, -0.2) is 0 Å². The number of likely N-dealkylation sites (tertiary alicyclic amines) is 1. The molecule has 4 rings (SSSR count). The number of piperidine rings is 1. The molecule has 2 aromatic carbocycles. The van der Waals surface area contributed by atoms with Crippen LogP contribution in [0.25, 0.3) is 0 Å². The van der Waals surface area contributed by atoms with Gasteiger partial charge in [0.15, 0.2) is 0 Å². The monoisotopic (exact) mass is 358 g/mol. The van der Waals surface area contributed by atoms with Crippen LogP contribution < -0.4 is 10.1 Å². The van der Waals surface area contributed by atoms with Gasteiger partial charge in [-0.05, 0) is 42.7 Å². The minimum atomic E-state index is -2.90. The summed E-state index contributed by atoms with van der Waals surface area (Å²) in [4.78, 5) is 14.6.